The Kier molecular flexibility index (Phi) is 3.68. The van der Waals surface area contributed by atoms with Gasteiger partial charge in [0, 0.05) is 6.04 Å². The molecular weight excluding hydrogens is 146 g/mol. The molecule has 1 nitrogen and oxygen atoms in total. The predicted octanol–water partition coefficient (Wildman–Crippen LogP) is 2.34. The molecule has 0 aromatic rings. The van der Waals surface area contributed by atoms with Crippen LogP contribution in [0.4, 0.5) is 0 Å². The van der Waals surface area contributed by atoms with Gasteiger partial charge in [-0.2, -0.15) is 0 Å². The lowest BCUT2D eigenvalue weighted by Crippen LogP contribution is -2.32. The lowest BCUT2D eigenvalue weighted by molar-refractivity contribution is 0.221. The second-order valence-electron chi connectivity index (χ2n) is 4.02. The van der Waals surface area contributed by atoms with Crippen molar-refractivity contribution in [2.45, 2.75) is 45.6 Å². The van der Waals surface area contributed by atoms with Gasteiger partial charge < -0.3 is 5.73 Å². The third kappa shape index (κ3) is 2.89. The van der Waals surface area contributed by atoms with Crippen LogP contribution in [0.25, 0.3) is 0 Å². The molecule has 0 aromatic carbocycles. The van der Waals surface area contributed by atoms with Crippen LogP contribution in [0.15, 0.2) is 0 Å². The summed E-state index contributed by atoms with van der Waals surface area (Å²) < 4.78 is 0. The standard InChI is InChI=1S/C8H17N.ClH/c1-8(2)5-3-4-7(9)6-8;/h7H,3-6,9H2,1-2H3;1H/t7-;/m0./s1. The zero-order valence-electron chi connectivity index (χ0n) is 6.89. The number of hydrogen-bond donors (Lipinski definition) is 1. The summed E-state index contributed by atoms with van der Waals surface area (Å²) in [5.41, 5.74) is 6.34. The van der Waals surface area contributed by atoms with Gasteiger partial charge in [-0.3, -0.25) is 0 Å². The van der Waals surface area contributed by atoms with Crippen molar-refractivity contribution in [3.8, 4) is 0 Å². The third-order valence-electron chi connectivity index (χ3n) is 2.24. The van der Waals surface area contributed by atoms with Gasteiger partial charge in [-0.05, 0) is 24.7 Å². The quantitative estimate of drug-likeness (QED) is 0.583. The fourth-order valence-corrected chi connectivity index (χ4v) is 1.76. The summed E-state index contributed by atoms with van der Waals surface area (Å²) in [6.45, 7) is 4.62. The molecule has 0 saturated heterocycles. The predicted molar refractivity (Wildman–Crippen MR) is 47.5 cm³/mol. The Morgan fingerprint density at radius 1 is 1.40 bits per heavy atom. The van der Waals surface area contributed by atoms with Crippen LogP contribution in [-0.2, 0) is 0 Å². The molecule has 2 N–H and O–H groups in total. The molecular formula is C8H18ClN. The average molecular weight is 164 g/mol. The van der Waals surface area contributed by atoms with Gasteiger partial charge in [0.2, 0.25) is 0 Å². The summed E-state index contributed by atoms with van der Waals surface area (Å²) in [5, 5.41) is 0. The monoisotopic (exact) mass is 163 g/mol. The van der Waals surface area contributed by atoms with Gasteiger partial charge >= 0.3 is 0 Å². The van der Waals surface area contributed by atoms with Gasteiger partial charge in [0.15, 0.2) is 0 Å². The van der Waals surface area contributed by atoms with E-state index in [1.54, 1.807) is 0 Å². The molecule has 0 amide bonds. The maximum Gasteiger partial charge on any atom is 0.00439 e. The first kappa shape index (κ1) is 10.2. The lowest BCUT2D eigenvalue weighted by Gasteiger charge is -2.33. The second kappa shape index (κ2) is 3.59. The SMILES string of the molecule is CC1(C)CCC[C@H](N)C1.Cl. The molecule has 0 bridgehead atoms. The zero-order chi connectivity index (χ0) is 6.91. The first-order valence-corrected chi connectivity index (χ1v) is 3.86. The second-order valence-corrected chi connectivity index (χ2v) is 4.02. The van der Waals surface area contributed by atoms with E-state index in [4.69, 9.17) is 5.73 Å². The van der Waals surface area contributed by atoms with Crippen molar-refractivity contribution < 1.29 is 0 Å². The summed E-state index contributed by atoms with van der Waals surface area (Å²) >= 11 is 0. The highest BCUT2D eigenvalue weighted by atomic mass is 35.5. The molecule has 0 aromatic heterocycles. The van der Waals surface area contributed by atoms with E-state index < -0.39 is 0 Å². The summed E-state index contributed by atoms with van der Waals surface area (Å²) in [4.78, 5) is 0. The highest BCUT2D eigenvalue weighted by Crippen LogP contribution is 2.33. The molecule has 1 rings (SSSR count). The van der Waals surface area contributed by atoms with Crippen LogP contribution in [0.3, 0.4) is 0 Å². The van der Waals surface area contributed by atoms with E-state index in [2.05, 4.69) is 13.8 Å². The summed E-state index contributed by atoms with van der Waals surface area (Å²) in [5.74, 6) is 0. The lowest BCUT2D eigenvalue weighted by atomic mass is 9.75. The Bertz CT molecular complexity index is 101. The van der Waals surface area contributed by atoms with Crippen LogP contribution in [0, 0.1) is 5.41 Å². The van der Waals surface area contributed by atoms with Crippen molar-refractivity contribution in [3.63, 3.8) is 0 Å². The summed E-state index contributed by atoms with van der Waals surface area (Å²) in [6.07, 6.45) is 5.14. The summed E-state index contributed by atoms with van der Waals surface area (Å²) in [7, 11) is 0. The van der Waals surface area contributed by atoms with Gasteiger partial charge in [0.05, 0.1) is 0 Å². The number of rotatable bonds is 0. The van der Waals surface area contributed by atoms with Crippen LogP contribution in [0.2, 0.25) is 0 Å². The number of hydrogen-bond acceptors (Lipinski definition) is 1. The molecule has 0 unspecified atom stereocenters. The molecule has 10 heavy (non-hydrogen) atoms. The summed E-state index contributed by atoms with van der Waals surface area (Å²) in [6, 6.07) is 0.480. The maximum absolute atomic E-state index is 5.81. The zero-order valence-corrected chi connectivity index (χ0v) is 7.71. The Labute approximate surface area is 69.8 Å². The van der Waals surface area contributed by atoms with E-state index in [1.165, 1.54) is 25.7 Å². The minimum absolute atomic E-state index is 0. The van der Waals surface area contributed by atoms with E-state index in [-0.39, 0.29) is 12.4 Å². The minimum Gasteiger partial charge on any atom is -0.328 e. The molecule has 1 aliphatic rings. The van der Waals surface area contributed by atoms with E-state index in [9.17, 15) is 0 Å². The fourth-order valence-electron chi connectivity index (χ4n) is 1.76. The van der Waals surface area contributed by atoms with E-state index in [0.29, 0.717) is 11.5 Å². The normalized spacial score (nSPS) is 30.9. The first-order chi connectivity index (χ1) is 4.10. The fraction of sp³-hybridized carbons (Fsp3) is 1.00. The Morgan fingerprint density at radius 2 is 2.00 bits per heavy atom. The Balaban J connectivity index is 0.000000810. The Morgan fingerprint density at radius 3 is 2.30 bits per heavy atom. The smallest absolute Gasteiger partial charge is 0.00439 e. The largest absolute Gasteiger partial charge is 0.328 e. The van der Waals surface area contributed by atoms with Crippen molar-refractivity contribution in [3.05, 3.63) is 0 Å². The van der Waals surface area contributed by atoms with Gasteiger partial charge in [-0.15, -0.1) is 12.4 Å². The van der Waals surface area contributed by atoms with Crippen LogP contribution in [0.5, 0.6) is 0 Å². The van der Waals surface area contributed by atoms with Crippen LogP contribution < -0.4 is 5.73 Å². The molecule has 0 radical (unpaired) electrons. The topological polar surface area (TPSA) is 26.0 Å². The van der Waals surface area contributed by atoms with Crippen LogP contribution >= 0.6 is 12.4 Å². The molecule has 1 atom stereocenters. The van der Waals surface area contributed by atoms with Gasteiger partial charge in [-0.25, -0.2) is 0 Å². The van der Waals surface area contributed by atoms with Crippen molar-refractivity contribution in [2.24, 2.45) is 11.1 Å². The van der Waals surface area contributed by atoms with Crippen molar-refractivity contribution in [1.82, 2.24) is 0 Å². The van der Waals surface area contributed by atoms with Crippen LogP contribution in [0.1, 0.15) is 39.5 Å². The molecule has 1 saturated carbocycles. The molecule has 2 heteroatoms. The number of halogens is 1. The number of nitrogens with two attached hydrogens (primary N) is 1. The van der Waals surface area contributed by atoms with Crippen molar-refractivity contribution in [2.75, 3.05) is 0 Å². The van der Waals surface area contributed by atoms with Crippen molar-refractivity contribution >= 4 is 12.4 Å². The maximum atomic E-state index is 5.81. The average Bonchev–Trinajstić information content (AvgIpc) is 1.60. The molecule has 0 spiro atoms. The molecule has 1 aliphatic carbocycles. The van der Waals surface area contributed by atoms with Crippen LogP contribution in [-0.4, -0.2) is 6.04 Å². The minimum atomic E-state index is 0. The third-order valence-corrected chi connectivity index (χ3v) is 2.24. The highest BCUT2D eigenvalue weighted by molar-refractivity contribution is 5.85. The van der Waals surface area contributed by atoms with E-state index in [0.717, 1.165) is 0 Å². The van der Waals surface area contributed by atoms with Gasteiger partial charge in [0.25, 0.3) is 0 Å². The Hall–Kier alpha value is 0.250. The van der Waals surface area contributed by atoms with E-state index in [1.807, 2.05) is 0 Å². The van der Waals surface area contributed by atoms with Gasteiger partial charge in [-0.1, -0.05) is 20.3 Å². The highest BCUT2D eigenvalue weighted by Gasteiger charge is 2.25. The van der Waals surface area contributed by atoms with Crippen molar-refractivity contribution in [1.29, 1.82) is 0 Å². The molecule has 62 valence electrons. The molecule has 0 aliphatic heterocycles. The van der Waals surface area contributed by atoms with Gasteiger partial charge in [0.1, 0.15) is 0 Å². The first-order valence-electron chi connectivity index (χ1n) is 3.86. The molecule has 1 fully saturated rings. The molecule has 0 heterocycles. The van der Waals surface area contributed by atoms with E-state index >= 15 is 0 Å².